The molecule has 2 aliphatic rings. The molecule has 0 radical (unpaired) electrons. The molecule has 20 rings (SSSR count). The van der Waals surface area contributed by atoms with Crippen molar-refractivity contribution in [2.45, 2.75) is 78.6 Å². The molecule has 1 aromatic heterocycles. The number of hydrogen-bond donors (Lipinski definition) is 0. The number of nitrogens with zero attached hydrogens (tertiary/aromatic N) is 3. The van der Waals surface area contributed by atoms with Crippen LogP contribution in [0.5, 0.6) is 0 Å². The lowest BCUT2D eigenvalue weighted by molar-refractivity contribution is 0.590. The Balaban J connectivity index is 0.959. The van der Waals surface area contributed by atoms with E-state index in [-0.39, 0.29) is 23.0 Å². The van der Waals surface area contributed by atoms with Gasteiger partial charge in [-0.05, 0) is 210 Å². The quantitative estimate of drug-likeness (QED) is 0.0811. The van der Waals surface area contributed by atoms with Crippen LogP contribution in [-0.4, -0.2) is 11.3 Å². The fourth-order valence-corrected chi connectivity index (χ4v) is 18.3. The van der Waals surface area contributed by atoms with Crippen LogP contribution in [-0.2, 0) is 16.2 Å². The molecule has 0 unspecified atom stereocenters. The van der Waals surface area contributed by atoms with Crippen LogP contribution in [0, 0.1) is 0 Å². The van der Waals surface area contributed by atoms with Gasteiger partial charge in [-0.25, -0.2) is 0 Å². The highest BCUT2D eigenvalue weighted by molar-refractivity contribution is 7.00. The number of benzene rings is 17. The molecule has 3 heterocycles. The van der Waals surface area contributed by atoms with Gasteiger partial charge in [0.15, 0.2) is 0 Å². The molecule has 0 N–H and O–H groups in total. The Kier molecular flexibility index (Phi) is 15.4. The highest BCUT2D eigenvalue weighted by Crippen LogP contribution is 2.57. The van der Waals surface area contributed by atoms with E-state index >= 15 is 0 Å². The minimum absolute atomic E-state index is 0.198. The maximum Gasteiger partial charge on any atom is 0.252 e. The van der Waals surface area contributed by atoms with Crippen LogP contribution in [0.15, 0.2) is 346 Å². The summed E-state index contributed by atoms with van der Waals surface area (Å²) in [6.45, 7) is 21.2. The second kappa shape index (κ2) is 25.4. The molecule has 0 atom stereocenters. The van der Waals surface area contributed by atoms with Crippen LogP contribution in [0.2, 0.25) is 0 Å². The van der Waals surface area contributed by atoms with Crippen LogP contribution < -0.4 is 26.2 Å². The van der Waals surface area contributed by atoms with Gasteiger partial charge < -0.3 is 14.4 Å². The average molecular weight is 1410 g/mol. The third-order valence-electron chi connectivity index (χ3n) is 23.8. The number of rotatable bonds is 9. The van der Waals surface area contributed by atoms with Gasteiger partial charge in [-0.3, -0.25) is 0 Å². The van der Waals surface area contributed by atoms with E-state index in [1.807, 2.05) is 0 Å². The summed E-state index contributed by atoms with van der Waals surface area (Å²) < 4.78 is 2.51. The normalized spacial score (nSPS) is 12.9. The van der Waals surface area contributed by atoms with Gasteiger partial charge in [0.05, 0.1) is 22.4 Å². The molecule has 0 fully saturated rings. The summed E-state index contributed by atoms with van der Waals surface area (Å²) in [5.41, 5.74) is 31.2. The van der Waals surface area contributed by atoms with Crippen molar-refractivity contribution in [2.75, 3.05) is 9.80 Å². The summed E-state index contributed by atoms with van der Waals surface area (Å²) in [4.78, 5) is 5.50. The maximum absolute atomic E-state index is 2.76. The van der Waals surface area contributed by atoms with Gasteiger partial charge in [-0.15, -0.1) is 0 Å². The molecular formula is C106H84BN3. The summed E-state index contributed by atoms with van der Waals surface area (Å²) in [6, 6.07) is 132. The van der Waals surface area contributed by atoms with Crippen LogP contribution in [0.3, 0.4) is 0 Å². The average Bonchev–Trinajstić information content (AvgIpc) is 0.733. The fraction of sp³-hybridized carbons (Fsp3) is 0.113. The zero-order valence-corrected chi connectivity index (χ0v) is 63.8. The first-order chi connectivity index (χ1) is 53.5. The van der Waals surface area contributed by atoms with E-state index in [1.54, 1.807) is 0 Å². The van der Waals surface area contributed by atoms with Gasteiger partial charge >= 0.3 is 0 Å². The minimum atomic E-state index is -0.344. The molecule has 110 heavy (non-hydrogen) atoms. The van der Waals surface area contributed by atoms with Crippen molar-refractivity contribution >= 4 is 122 Å². The van der Waals surface area contributed by atoms with E-state index < -0.39 is 0 Å². The Morgan fingerprint density at radius 1 is 0.236 bits per heavy atom. The van der Waals surface area contributed by atoms with E-state index in [1.165, 1.54) is 137 Å². The SMILES string of the molecule is CC(C)(C)c1cc(-c2ccccc2)c(N2c3cc(-c4c5ccccc5c(-c5cc6ccccc6c6ccccc56)c5ccccc45)ccc3B3c4ccc(-n5c6ccccc6c6ccccc65)cc4N(c4c(-c5ccccc5)cc(C(C)(C)C)cc4-c4ccccc4)c4cc(C(C)(C)C)cc2c43)c(-c2ccccc2)c1. The zero-order chi connectivity index (χ0) is 74.5. The van der Waals surface area contributed by atoms with Gasteiger partial charge in [0, 0.05) is 61.5 Å². The molecule has 17 aromatic carbocycles. The Bertz CT molecular complexity index is 6540. The van der Waals surface area contributed by atoms with Crippen molar-refractivity contribution in [3.05, 3.63) is 362 Å². The lowest BCUT2D eigenvalue weighted by Crippen LogP contribution is -2.61. The number of anilines is 6. The molecular weight excluding hydrogens is 1330 g/mol. The number of fused-ring (bicyclic) bond motifs is 12. The standard InChI is InChI=1S/C106H84BN3/c1-104(2,3)73-60-86(67-34-14-10-15-35-67)102(87(61-73)68-36-16-11-17-37-68)109-95-59-72(99-82-48-26-28-50-84(82)100(85-51-29-27-49-83(85)99)90-58-71-42-22-23-43-77(71)78-44-24-25-45-79(78)90)54-56-91(95)107-92-57-55-76(108-93-52-32-30-46-80(93)81-47-31-33-53-94(81)108)66-96(92)110(98-65-75(106(7,8)9)64-97(109)101(98)107)103-88(69-38-18-12-19-39-69)62-74(105(4,5)6)63-89(103)70-40-20-13-21-41-70/h10-66H,1-9H3. The van der Waals surface area contributed by atoms with E-state index in [4.69, 9.17) is 0 Å². The first kappa shape index (κ1) is 66.7. The van der Waals surface area contributed by atoms with Gasteiger partial charge in [0.1, 0.15) is 0 Å². The van der Waals surface area contributed by atoms with Crippen molar-refractivity contribution in [3.8, 4) is 72.4 Å². The topological polar surface area (TPSA) is 11.4 Å². The summed E-state index contributed by atoms with van der Waals surface area (Å²) in [7, 11) is 0. The highest BCUT2D eigenvalue weighted by atomic mass is 15.2. The Labute approximate surface area is 645 Å². The summed E-state index contributed by atoms with van der Waals surface area (Å²) in [5, 5.41) is 12.3. The van der Waals surface area contributed by atoms with Crippen molar-refractivity contribution < 1.29 is 0 Å². The molecule has 526 valence electrons. The third-order valence-corrected chi connectivity index (χ3v) is 23.8. The van der Waals surface area contributed by atoms with Crippen LogP contribution in [0.25, 0.3) is 137 Å². The molecule has 3 nitrogen and oxygen atoms in total. The zero-order valence-electron chi connectivity index (χ0n) is 63.8. The largest absolute Gasteiger partial charge is 0.310 e. The molecule has 0 amide bonds. The van der Waals surface area contributed by atoms with E-state index in [0.29, 0.717) is 0 Å². The van der Waals surface area contributed by atoms with Gasteiger partial charge in [0.2, 0.25) is 0 Å². The van der Waals surface area contributed by atoms with E-state index in [9.17, 15) is 0 Å². The molecule has 4 heteroatoms. The van der Waals surface area contributed by atoms with Crippen LogP contribution in [0.1, 0.15) is 79.0 Å². The lowest BCUT2D eigenvalue weighted by atomic mass is 9.33. The number of aromatic nitrogens is 1. The van der Waals surface area contributed by atoms with Gasteiger partial charge in [0.25, 0.3) is 6.71 Å². The second-order valence-electron chi connectivity index (χ2n) is 33.5. The van der Waals surface area contributed by atoms with Gasteiger partial charge in [-0.2, -0.15) is 0 Å². The molecule has 18 aromatic rings. The Morgan fingerprint density at radius 2 is 0.582 bits per heavy atom. The van der Waals surface area contributed by atoms with Crippen molar-refractivity contribution in [1.29, 1.82) is 0 Å². The van der Waals surface area contributed by atoms with Crippen molar-refractivity contribution in [3.63, 3.8) is 0 Å². The number of hydrogen-bond acceptors (Lipinski definition) is 2. The second-order valence-corrected chi connectivity index (χ2v) is 33.5. The fourth-order valence-electron chi connectivity index (χ4n) is 18.3. The monoisotopic (exact) mass is 1410 g/mol. The summed E-state index contributed by atoms with van der Waals surface area (Å²) >= 11 is 0. The summed E-state index contributed by atoms with van der Waals surface area (Å²) in [5.74, 6) is 0. The molecule has 0 saturated carbocycles. The molecule has 0 saturated heterocycles. The van der Waals surface area contributed by atoms with Crippen LogP contribution in [0.4, 0.5) is 34.1 Å². The smallest absolute Gasteiger partial charge is 0.252 e. The molecule has 0 bridgehead atoms. The van der Waals surface area contributed by atoms with E-state index in [0.717, 1.165) is 67.6 Å². The first-order valence-corrected chi connectivity index (χ1v) is 39.0. The Morgan fingerprint density at radius 3 is 1.02 bits per heavy atom. The third kappa shape index (κ3) is 10.7. The highest BCUT2D eigenvalue weighted by Gasteiger charge is 2.47. The molecule has 2 aliphatic heterocycles. The predicted molar refractivity (Wildman–Crippen MR) is 474 cm³/mol. The first-order valence-electron chi connectivity index (χ1n) is 39.0. The van der Waals surface area contributed by atoms with Crippen molar-refractivity contribution in [2.24, 2.45) is 0 Å². The number of para-hydroxylation sites is 2. The predicted octanol–water partition coefficient (Wildman–Crippen LogP) is 27.4. The van der Waals surface area contributed by atoms with Crippen LogP contribution >= 0.6 is 0 Å². The van der Waals surface area contributed by atoms with Crippen molar-refractivity contribution in [1.82, 2.24) is 4.57 Å². The van der Waals surface area contributed by atoms with Gasteiger partial charge in [-0.1, -0.05) is 335 Å². The van der Waals surface area contributed by atoms with E-state index in [2.05, 4.69) is 422 Å². The maximum atomic E-state index is 2.76. The minimum Gasteiger partial charge on any atom is -0.310 e. The molecule has 0 spiro atoms. The lowest BCUT2D eigenvalue weighted by Gasteiger charge is -2.47. The summed E-state index contributed by atoms with van der Waals surface area (Å²) in [6.07, 6.45) is 0. The Hall–Kier alpha value is -12.8. The molecule has 0 aliphatic carbocycles.